The van der Waals surface area contributed by atoms with Gasteiger partial charge >= 0.3 is 0 Å². The molecule has 22 heavy (non-hydrogen) atoms. The van der Waals surface area contributed by atoms with Crippen molar-refractivity contribution in [3.05, 3.63) is 39.8 Å². The molecule has 0 saturated carbocycles. The lowest BCUT2D eigenvalue weighted by atomic mass is 10.2. The minimum Gasteiger partial charge on any atom is -0.493 e. The molecular weight excluding hydrogens is 290 g/mol. The minimum absolute atomic E-state index is 0.107. The lowest BCUT2D eigenvalue weighted by Gasteiger charge is -2.08. The molecule has 1 amide bonds. The highest BCUT2D eigenvalue weighted by Crippen LogP contribution is 2.12. The maximum absolute atomic E-state index is 12.3. The molecule has 0 saturated heterocycles. The average Bonchev–Trinajstić information content (AvgIpc) is 2.46. The summed E-state index contributed by atoms with van der Waals surface area (Å²) in [4.78, 5) is 28.1. The Balaban J connectivity index is 2.22. The Kier molecular flexibility index (Phi) is 5.08. The van der Waals surface area contributed by atoms with Gasteiger partial charge in [-0.3, -0.25) is 14.0 Å². The minimum atomic E-state index is -0.724. The topological polar surface area (TPSA) is 113 Å². The number of hydrogen-bond acceptors (Lipinski definition) is 6. The van der Waals surface area contributed by atoms with E-state index in [0.29, 0.717) is 0 Å². The Hall–Kier alpha value is -2.45. The molecule has 0 aliphatic rings. The quantitative estimate of drug-likeness (QED) is 0.617. The second kappa shape index (κ2) is 7.01. The molecule has 8 heteroatoms. The van der Waals surface area contributed by atoms with Crippen molar-refractivity contribution in [1.29, 1.82) is 0 Å². The number of aliphatic hydroxyl groups excluding tert-OH is 1. The van der Waals surface area contributed by atoms with Crippen molar-refractivity contribution in [2.75, 3.05) is 26.4 Å². The van der Waals surface area contributed by atoms with E-state index in [1.54, 1.807) is 12.1 Å². The zero-order valence-electron chi connectivity index (χ0n) is 12.1. The molecule has 0 aromatic carbocycles. The summed E-state index contributed by atoms with van der Waals surface area (Å²) in [5, 5.41) is 20.8. The standard InChI is InChI=1S/C14H17N3O5/c1-9-2-4-17-10(8-9)16-13(20)11(14(17)21)12(19)15-3-6-22-7-5-18/h2,4,8,18,20H,3,5-7H2,1H3,(H,15,19). The number of carbonyl (C=O) groups is 1. The third-order valence-electron chi connectivity index (χ3n) is 2.96. The highest BCUT2D eigenvalue weighted by molar-refractivity contribution is 5.96. The molecule has 3 N–H and O–H groups in total. The first-order valence-electron chi connectivity index (χ1n) is 6.73. The summed E-state index contributed by atoms with van der Waals surface area (Å²) in [5.41, 5.74) is 0.0923. The van der Waals surface area contributed by atoms with Crippen LogP contribution >= 0.6 is 0 Å². The number of aryl methyl sites for hydroxylation is 1. The number of nitrogens with zero attached hydrogens (tertiary/aromatic N) is 2. The van der Waals surface area contributed by atoms with E-state index >= 15 is 0 Å². The maximum Gasteiger partial charge on any atom is 0.274 e. The third kappa shape index (κ3) is 3.41. The monoisotopic (exact) mass is 307 g/mol. The molecule has 0 aliphatic carbocycles. The fourth-order valence-corrected chi connectivity index (χ4v) is 1.92. The number of rotatable bonds is 6. The Morgan fingerprint density at radius 2 is 2.23 bits per heavy atom. The van der Waals surface area contributed by atoms with Crippen molar-refractivity contribution in [3.8, 4) is 5.88 Å². The van der Waals surface area contributed by atoms with Gasteiger partial charge in [0.1, 0.15) is 5.65 Å². The molecule has 0 bridgehead atoms. The third-order valence-corrected chi connectivity index (χ3v) is 2.96. The summed E-state index contributed by atoms with van der Waals surface area (Å²) in [6, 6.07) is 3.34. The van der Waals surface area contributed by atoms with Gasteiger partial charge in [0.2, 0.25) is 5.88 Å². The van der Waals surface area contributed by atoms with Crippen LogP contribution in [-0.4, -0.2) is 51.9 Å². The van der Waals surface area contributed by atoms with Crippen LogP contribution < -0.4 is 10.9 Å². The summed E-state index contributed by atoms with van der Waals surface area (Å²) in [6.07, 6.45) is 1.50. The second-order valence-corrected chi connectivity index (χ2v) is 4.64. The zero-order chi connectivity index (χ0) is 16.1. The van der Waals surface area contributed by atoms with Gasteiger partial charge in [-0.1, -0.05) is 0 Å². The number of carbonyl (C=O) groups excluding carboxylic acids is 1. The van der Waals surface area contributed by atoms with Gasteiger partial charge in [-0.25, -0.2) is 0 Å². The van der Waals surface area contributed by atoms with E-state index in [4.69, 9.17) is 9.84 Å². The molecule has 118 valence electrons. The number of aromatic nitrogens is 2. The first kappa shape index (κ1) is 15.9. The molecule has 8 nitrogen and oxygen atoms in total. The lowest BCUT2D eigenvalue weighted by Crippen LogP contribution is -2.33. The van der Waals surface area contributed by atoms with E-state index in [1.807, 2.05) is 6.92 Å². The van der Waals surface area contributed by atoms with E-state index in [0.717, 1.165) is 5.56 Å². The molecule has 2 heterocycles. The molecule has 2 aromatic heterocycles. The van der Waals surface area contributed by atoms with Crippen LogP contribution in [-0.2, 0) is 4.74 Å². The lowest BCUT2D eigenvalue weighted by molar-refractivity contribution is 0.0835. The average molecular weight is 307 g/mol. The molecule has 0 spiro atoms. The van der Waals surface area contributed by atoms with Gasteiger partial charge in [0, 0.05) is 12.7 Å². The number of aromatic hydroxyl groups is 1. The van der Waals surface area contributed by atoms with Crippen molar-refractivity contribution in [2.24, 2.45) is 0 Å². The van der Waals surface area contributed by atoms with Crippen LogP contribution in [0.15, 0.2) is 23.1 Å². The van der Waals surface area contributed by atoms with E-state index in [2.05, 4.69) is 10.3 Å². The predicted molar refractivity (Wildman–Crippen MR) is 78.1 cm³/mol. The normalized spacial score (nSPS) is 10.8. The van der Waals surface area contributed by atoms with Gasteiger partial charge in [-0.05, 0) is 24.6 Å². The Morgan fingerprint density at radius 1 is 1.45 bits per heavy atom. The van der Waals surface area contributed by atoms with Gasteiger partial charge in [0.25, 0.3) is 11.5 Å². The molecule has 0 atom stereocenters. The van der Waals surface area contributed by atoms with Gasteiger partial charge in [-0.2, -0.15) is 4.98 Å². The van der Waals surface area contributed by atoms with Crippen molar-refractivity contribution in [1.82, 2.24) is 14.7 Å². The number of ether oxygens (including phenoxy) is 1. The van der Waals surface area contributed by atoms with E-state index in [-0.39, 0.29) is 32.0 Å². The molecular formula is C14H17N3O5. The largest absolute Gasteiger partial charge is 0.493 e. The molecule has 0 aliphatic heterocycles. The van der Waals surface area contributed by atoms with Crippen LogP contribution in [0.3, 0.4) is 0 Å². The number of nitrogens with one attached hydrogen (secondary N) is 1. The van der Waals surface area contributed by atoms with Gasteiger partial charge in [0.05, 0.1) is 19.8 Å². The fourth-order valence-electron chi connectivity index (χ4n) is 1.92. The number of fused-ring (bicyclic) bond motifs is 1. The number of hydrogen-bond donors (Lipinski definition) is 3. The maximum atomic E-state index is 12.3. The van der Waals surface area contributed by atoms with E-state index in [1.165, 1.54) is 10.6 Å². The molecule has 2 aromatic rings. The molecule has 0 unspecified atom stereocenters. The summed E-state index contributed by atoms with van der Waals surface area (Å²) in [6.45, 7) is 2.23. The van der Waals surface area contributed by atoms with E-state index < -0.39 is 22.9 Å². The number of pyridine rings is 1. The van der Waals surface area contributed by atoms with Crippen LogP contribution in [0, 0.1) is 6.92 Å². The van der Waals surface area contributed by atoms with Crippen molar-refractivity contribution < 1.29 is 19.7 Å². The first-order chi connectivity index (χ1) is 10.5. The Bertz CT molecular complexity index is 741. The second-order valence-electron chi connectivity index (χ2n) is 4.64. The van der Waals surface area contributed by atoms with E-state index in [9.17, 15) is 14.7 Å². The Labute approximate surface area is 126 Å². The van der Waals surface area contributed by atoms with Crippen molar-refractivity contribution >= 4 is 11.6 Å². The van der Waals surface area contributed by atoms with Gasteiger partial charge < -0.3 is 20.3 Å². The van der Waals surface area contributed by atoms with Gasteiger partial charge in [-0.15, -0.1) is 0 Å². The highest BCUT2D eigenvalue weighted by Gasteiger charge is 2.19. The summed E-state index contributed by atoms with van der Waals surface area (Å²) in [7, 11) is 0. The SMILES string of the molecule is Cc1ccn2c(=O)c(C(=O)NCCOCCO)c(O)nc2c1. The van der Waals surface area contributed by atoms with Gasteiger partial charge in [0.15, 0.2) is 5.56 Å². The molecule has 0 radical (unpaired) electrons. The zero-order valence-corrected chi connectivity index (χ0v) is 12.1. The van der Waals surface area contributed by atoms with Crippen LogP contribution in [0.2, 0.25) is 0 Å². The summed E-state index contributed by atoms with van der Waals surface area (Å²) >= 11 is 0. The van der Waals surface area contributed by atoms with Crippen LogP contribution in [0.5, 0.6) is 5.88 Å². The van der Waals surface area contributed by atoms with Crippen LogP contribution in [0.25, 0.3) is 5.65 Å². The predicted octanol–water partition coefficient (Wildman–Crippen LogP) is -0.553. The molecule has 0 fully saturated rings. The number of aliphatic hydroxyl groups is 1. The smallest absolute Gasteiger partial charge is 0.274 e. The van der Waals surface area contributed by atoms with Crippen molar-refractivity contribution in [3.63, 3.8) is 0 Å². The van der Waals surface area contributed by atoms with Crippen molar-refractivity contribution in [2.45, 2.75) is 6.92 Å². The fraction of sp³-hybridized carbons (Fsp3) is 0.357. The van der Waals surface area contributed by atoms with Crippen LogP contribution in [0.1, 0.15) is 15.9 Å². The van der Waals surface area contributed by atoms with Crippen LogP contribution in [0.4, 0.5) is 0 Å². The highest BCUT2D eigenvalue weighted by atomic mass is 16.5. The first-order valence-corrected chi connectivity index (χ1v) is 6.73. The summed E-state index contributed by atoms with van der Waals surface area (Å²) in [5.74, 6) is -1.33. The summed E-state index contributed by atoms with van der Waals surface area (Å²) < 4.78 is 6.19. The molecule has 2 rings (SSSR count). The Morgan fingerprint density at radius 3 is 2.95 bits per heavy atom. The number of amides is 1.